The van der Waals surface area contributed by atoms with Crippen LogP contribution in [0.2, 0.25) is 0 Å². The van der Waals surface area contributed by atoms with Crippen LogP contribution in [0.4, 0.5) is 4.39 Å². The molecule has 0 saturated heterocycles. The SMILES string of the molecule is BC(C)(F)P. The maximum Gasteiger partial charge on any atom is 0.154 e. The predicted octanol–water partition coefficient (Wildman–Crippen LogP) is 0.138. The first-order chi connectivity index (χ1) is 2.00. The lowest BCUT2D eigenvalue weighted by Crippen LogP contribution is -2.03. The smallest absolute Gasteiger partial charge is 0.154 e. The minimum Gasteiger partial charge on any atom is -0.250 e. The number of hydrogen-bond acceptors (Lipinski definition) is 0. The van der Waals surface area contributed by atoms with Crippen LogP contribution >= 0.6 is 9.24 Å². The first kappa shape index (κ1) is 5.42. The van der Waals surface area contributed by atoms with Crippen molar-refractivity contribution in [2.24, 2.45) is 0 Å². The summed E-state index contributed by atoms with van der Waals surface area (Å²) >= 11 is 0. The topological polar surface area (TPSA) is 0 Å². The Bertz CT molecular complexity index is 25.1. The molecule has 0 rings (SSSR count). The quantitative estimate of drug-likeness (QED) is 0.294. The summed E-state index contributed by atoms with van der Waals surface area (Å²) in [6.07, 6.45) is 0. The zero-order valence-electron chi connectivity index (χ0n) is 3.46. The Hall–Kier alpha value is 0.425. The van der Waals surface area contributed by atoms with Crippen LogP contribution in [-0.4, -0.2) is 13.2 Å². The van der Waals surface area contributed by atoms with Crippen molar-refractivity contribution in [2.45, 2.75) is 12.2 Å². The summed E-state index contributed by atoms with van der Waals surface area (Å²) in [4.78, 5) is 0. The van der Waals surface area contributed by atoms with E-state index in [2.05, 4.69) is 0 Å². The van der Waals surface area contributed by atoms with E-state index in [1.54, 1.807) is 0 Å². The predicted molar refractivity (Wildman–Crippen MR) is 27.8 cm³/mol. The highest BCUT2D eigenvalue weighted by Gasteiger charge is 2.02. The average molecular weight is 91.9 g/mol. The monoisotopic (exact) mass is 92.0 g/mol. The van der Waals surface area contributed by atoms with E-state index in [9.17, 15) is 4.39 Å². The first-order valence-electron chi connectivity index (χ1n) is 1.48. The third-order valence-electron chi connectivity index (χ3n) is 0. The Labute approximate surface area is 34.8 Å². The fraction of sp³-hybridized carbons (Fsp3) is 1.00. The zero-order valence-corrected chi connectivity index (χ0v) is 4.61. The van der Waals surface area contributed by atoms with E-state index in [1.807, 2.05) is 9.24 Å². The van der Waals surface area contributed by atoms with Crippen molar-refractivity contribution >= 4 is 17.1 Å². The van der Waals surface area contributed by atoms with E-state index in [-0.39, 0.29) is 0 Å². The molecule has 0 heterocycles. The second kappa shape index (κ2) is 1.26. The van der Waals surface area contributed by atoms with Gasteiger partial charge in [0, 0.05) is 0 Å². The van der Waals surface area contributed by atoms with E-state index in [1.165, 1.54) is 14.8 Å². The molecule has 0 aliphatic heterocycles. The summed E-state index contributed by atoms with van der Waals surface area (Å²) in [6.45, 7) is 1.48. The summed E-state index contributed by atoms with van der Waals surface area (Å²) < 4.78 is 11.7. The Morgan fingerprint density at radius 2 is 2.00 bits per heavy atom. The summed E-state index contributed by atoms with van der Waals surface area (Å²) in [5, 5.41) is -1.08. The standard InChI is InChI=1S/C2H7BFP/c1-2(3,4)5/h3,5H2,1H3. The third kappa shape index (κ3) is 144. The lowest BCUT2D eigenvalue weighted by atomic mass is 10.0. The molecule has 0 aliphatic rings. The maximum atomic E-state index is 11.7. The highest BCUT2D eigenvalue weighted by Crippen LogP contribution is 2.11. The molecule has 0 aliphatic carbocycles. The molecule has 0 amide bonds. The minimum atomic E-state index is -1.08. The van der Waals surface area contributed by atoms with E-state index in [4.69, 9.17) is 0 Å². The molecule has 0 aromatic rings. The Kier molecular flexibility index (Phi) is 1.36. The number of alkyl halides is 1. The highest BCUT2D eigenvalue weighted by atomic mass is 31.0. The maximum absolute atomic E-state index is 11.7. The largest absolute Gasteiger partial charge is 0.250 e. The van der Waals surface area contributed by atoms with E-state index >= 15 is 0 Å². The van der Waals surface area contributed by atoms with Gasteiger partial charge in [0.15, 0.2) is 7.85 Å². The van der Waals surface area contributed by atoms with Crippen molar-refractivity contribution in [3.63, 3.8) is 0 Å². The van der Waals surface area contributed by atoms with Crippen LogP contribution in [0.15, 0.2) is 0 Å². The Morgan fingerprint density at radius 3 is 2.00 bits per heavy atom. The molecule has 0 fully saturated rings. The van der Waals surface area contributed by atoms with Gasteiger partial charge < -0.3 is 0 Å². The van der Waals surface area contributed by atoms with Gasteiger partial charge in [-0.25, -0.2) is 0 Å². The van der Waals surface area contributed by atoms with Crippen LogP contribution in [0.5, 0.6) is 0 Å². The molecule has 2 unspecified atom stereocenters. The van der Waals surface area contributed by atoms with Crippen molar-refractivity contribution in [3.05, 3.63) is 0 Å². The van der Waals surface area contributed by atoms with Crippen LogP contribution < -0.4 is 0 Å². The van der Waals surface area contributed by atoms with Gasteiger partial charge in [-0.2, -0.15) is 0 Å². The highest BCUT2D eigenvalue weighted by molar-refractivity contribution is 7.21. The molecule has 0 N–H and O–H groups in total. The van der Waals surface area contributed by atoms with Gasteiger partial charge in [0.2, 0.25) is 0 Å². The first-order valence-corrected chi connectivity index (χ1v) is 2.06. The molecule has 2 atom stereocenters. The average Bonchev–Trinajstić information content (AvgIpc) is 0.722. The molecular weight excluding hydrogens is 84.8 g/mol. The molecule has 0 saturated carbocycles. The number of rotatable bonds is 0. The van der Waals surface area contributed by atoms with E-state index in [0.29, 0.717) is 0 Å². The normalized spacial score (nSPS) is 21.4. The fourth-order valence-corrected chi connectivity index (χ4v) is 0. The summed E-state index contributed by atoms with van der Waals surface area (Å²) in [5.74, 6) is 0. The van der Waals surface area contributed by atoms with Crippen molar-refractivity contribution in [1.82, 2.24) is 0 Å². The second-order valence-corrected chi connectivity index (χ2v) is 2.94. The van der Waals surface area contributed by atoms with Crippen molar-refractivity contribution in [3.8, 4) is 0 Å². The van der Waals surface area contributed by atoms with E-state index < -0.39 is 5.31 Å². The lowest BCUT2D eigenvalue weighted by molar-refractivity contribution is 0.431. The zero-order chi connectivity index (χ0) is 4.50. The number of halogens is 1. The molecule has 30 valence electrons. The lowest BCUT2D eigenvalue weighted by Gasteiger charge is -1.99. The molecule has 0 radical (unpaired) electrons. The summed E-state index contributed by atoms with van der Waals surface area (Å²) in [6, 6.07) is 0. The summed E-state index contributed by atoms with van der Waals surface area (Å²) in [5.41, 5.74) is 0. The van der Waals surface area contributed by atoms with Crippen LogP contribution in [-0.2, 0) is 0 Å². The van der Waals surface area contributed by atoms with Gasteiger partial charge in [-0.15, -0.1) is 9.24 Å². The Balaban J connectivity index is 3.02. The molecule has 0 spiro atoms. The fourth-order valence-electron chi connectivity index (χ4n) is 0. The molecule has 0 nitrogen and oxygen atoms in total. The third-order valence-corrected chi connectivity index (χ3v) is 0. The van der Waals surface area contributed by atoms with Gasteiger partial charge in [-0.05, 0) is 6.92 Å². The Morgan fingerprint density at radius 1 is 2.00 bits per heavy atom. The van der Waals surface area contributed by atoms with Gasteiger partial charge >= 0.3 is 0 Å². The van der Waals surface area contributed by atoms with Gasteiger partial charge in [-0.3, -0.25) is 4.39 Å². The van der Waals surface area contributed by atoms with Gasteiger partial charge in [0.25, 0.3) is 0 Å². The van der Waals surface area contributed by atoms with Crippen molar-refractivity contribution in [2.75, 3.05) is 0 Å². The molecule has 0 aromatic carbocycles. The van der Waals surface area contributed by atoms with Crippen LogP contribution in [0, 0.1) is 0 Å². The van der Waals surface area contributed by atoms with Gasteiger partial charge in [0.1, 0.15) is 0 Å². The van der Waals surface area contributed by atoms with Crippen LogP contribution in [0.25, 0.3) is 0 Å². The molecule has 0 bridgehead atoms. The summed E-state index contributed by atoms with van der Waals surface area (Å²) in [7, 11) is 3.53. The van der Waals surface area contributed by atoms with Crippen molar-refractivity contribution in [1.29, 1.82) is 0 Å². The van der Waals surface area contributed by atoms with Crippen LogP contribution in [0.1, 0.15) is 6.92 Å². The number of hydrogen-bond donors (Lipinski definition) is 0. The molecular formula is C2H7BFP. The molecule has 0 aromatic heterocycles. The van der Waals surface area contributed by atoms with Crippen molar-refractivity contribution < 1.29 is 4.39 Å². The van der Waals surface area contributed by atoms with Gasteiger partial charge in [-0.1, -0.05) is 0 Å². The van der Waals surface area contributed by atoms with Gasteiger partial charge in [0.05, 0.1) is 5.31 Å². The molecule has 5 heavy (non-hydrogen) atoms. The van der Waals surface area contributed by atoms with Crippen LogP contribution in [0.3, 0.4) is 0 Å². The van der Waals surface area contributed by atoms with E-state index in [0.717, 1.165) is 0 Å². The second-order valence-electron chi connectivity index (χ2n) is 1.56. The molecule has 3 heteroatoms. The minimum absolute atomic E-state index is 1.08.